The lowest BCUT2D eigenvalue weighted by molar-refractivity contribution is -0.119. The van der Waals surface area contributed by atoms with Crippen LogP contribution >= 0.6 is 11.3 Å². The maximum Gasteiger partial charge on any atom is 0.275 e. The van der Waals surface area contributed by atoms with Crippen molar-refractivity contribution in [3.63, 3.8) is 0 Å². The van der Waals surface area contributed by atoms with Crippen LogP contribution in [0.3, 0.4) is 0 Å². The van der Waals surface area contributed by atoms with E-state index in [-0.39, 0.29) is 11.8 Å². The molecule has 2 N–H and O–H groups in total. The highest BCUT2D eigenvalue weighted by Crippen LogP contribution is 2.40. The zero-order valence-corrected chi connectivity index (χ0v) is 23.4. The number of carbonyl (C=O) groups excluding carboxylic acids is 2. The summed E-state index contributed by atoms with van der Waals surface area (Å²) in [6.07, 6.45) is 6.26. The molecular formula is C30H32N6O3S. The SMILES string of the molecule is CC(=O)NCC[C@@H]1CCCN(c2c(NC(=O)c3csc(-c4ccnnc4)n3)ccc(Oc3ccccc3)c2C)C1. The van der Waals surface area contributed by atoms with Crippen molar-refractivity contribution < 1.29 is 14.3 Å². The van der Waals surface area contributed by atoms with Crippen LogP contribution in [0.4, 0.5) is 11.4 Å². The molecule has 1 fully saturated rings. The van der Waals surface area contributed by atoms with Crippen molar-refractivity contribution in [3.05, 3.63) is 77.6 Å². The molecule has 0 unspecified atom stereocenters. The molecule has 1 aliphatic heterocycles. The molecular weight excluding hydrogens is 524 g/mol. The minimum atomic E-state index is -0.277. The van der Waals surface area contributed by atoms with Crippen LogP contribution in [0.2, 0.25) is 0 Å². The smallest absolute Gasteiger partial charge is 0.275 e. The second-order valence-corrected chi connectivity index (χ2v) is 10.7. The van der Waals surface area contributed by atoms with Crippen LogP contribution in [-0.4, -0.2) is 46.6 Å². The van der Waals surface area contributed by atoms with Gasteiger partial charge in [-0.15, -0.1) is 11.3 Å². The third kappa shape index (κ3) is 6.63. The molecule has 0 saturated carbocycles. The van der Waals surface area contributed by atoms with Crippen molar-refractivity contribution in [2.24, 2.45) is 5.92 Å². The minimum absolute atomic E-state index is 0.00957. The number of hydrogen-bond donors (Lipinski definition) is 2. The Morgan fingerprint density at radius 3 is 2.75 bits per heavy atom. The summed E-state index contributed by atoms with van der Waals surface area (Å²) < 4.78 is 6.25. The first kappa shape index (κ1) is 27.3. The molecule has 2 aromatic carbocycles. The molecule has 0 aliphatic carbocycles. The second-order valence-electron chi connectivity index (χ2n) is 9.85. The van der Waals surface area contributed by atoms with Crippen LogP contribution in [0.15, 0.2) is 66.3 Å². The van der Waals surface area contributed by atoms with E-state index in [0.29, 0.717) is 28.9 Å². The van der Waals surface area contributed by atoms with E-state index in [1.54, 1.807) is 24.7 Å². The summed E-state index contributed by atoms with van der Waals surface area (Å²) in [7, 11) is 0. The quantitative estimate of drug-likeness (QED) is 0.272. The van der Waals surface area contributed by atoms with E-state index in [2.05, 4.69) is 30.7 Å². The Bertz CT molecular complexity index is 1460. The summed E-state index contributed by atoms with van der Waals surface area (Å²) in [5.41, 5.74) is 3.77. The van der Waals surface area contributed by atoms with Gasteiger partial charge in [-0.25, -0.2) is 4.98 Å². The number of aromatic nitrogens is 3. The summed E-state index contributed by atoms with van der Waals surface area (Å²) >= 11 is 1.39. The van der Waals surface area contributed by atoms with Crippen LogP contribution in [-0.2, 0) is 4.79 Å². The van der Waals surface area contributed by atoms with Gasteiger partial charge < -0.3 is 20.3 Å². The minimum Gasteiger partial charge on any atom is -0.457 e. The number of nitrogens with zero attached hydrogens (tertiary/aromatic N) is 4. The predicted octanol–water partition coefficient (Wildman–Crippen LogP) is 5.70. The first-order valence-electron chi connectivity index (χ1n) is 13.4. The standard InChI is InChI=1S/C30H32N6O3S/c1-20-27(39-24-8-4-3-5-9-24)11-10-25(28(20)36-16-6-7-22(18-36)12-14-31-21(2)37)34-29(38)26-19-40-30(35-26)23-13-15-32-33-17-23/h3-5,8-11,13,15,17,19,22H,6-7,12,14,16,18H2,1-2H3,(H,31,37)(H,34,38)/t22-/m0/s1. The molecule has 0 spiro atoms. The average Bonchev–Trinajstić information content (AvgIpc) is 3.47. The van der Waals surface area contributed by atoms with Gasteiger partial charge in [-0.05, 0) is 62.4 Å². The molecule has 1 atom stereocenters. The third-order valence-electron chi connectivity index (χ3n) is 6.93. The van der Waals surface area contributed by atoms with Gasteiger partial charge in [0.2, 0.25) is 5.91 Å². The van der Waals surface area contributed by atoms with Crippen LogP contribution in [0.25, 0.3) is 10.6 Å². The molecule has 0 bridgehead atoms. The molecule has 2 amide bonds. The highest BCUT2D eigenvalue weighted by molar-refractivity contribution is 7.13. The van der Waals surface area contributed by atoms with E-state index in [4.69, 9.17) is 4.74 Å². The fraction of sp³-hybridized carbons (Fsp3) is 0.300. The van der Waals surface area contributed by atoms with Crippen LogP contribution in [0.5, 0.6) is 11.5 Å². The molecule has 0 radical (unpaired) electrons. The third-order valence-corrected chi connectivity index (χ3v) is 7.82. The van der Waals surface area contributed by atoms with E-state index >= 15 is 0 Å². The number of amides is 2. The molecule has 4 aromatic rings. The summed E-state index contributed by atoms with van der Waals surface area (Å²) in [5.74, 6) is 1.63. The molecule has 9 nitrogen and oxygen atoms in total. The topological polar surface area (TPSA) is 109 Å². The van der Waals surface area contributed by atoms with E-state index in [0.717, 1.165) is 60.7 Å². The summed E-state index contributed by atoms with van der Waals surface area (Å²) in [5, 5.41) is 16.2. The molecule has 206 valence electrons. The highest BCUT2D eigenvalue weighted by Gasteiger charge is 2.26. The average molecular weight is 557 g/mol. The Morgan fingerprint density at radius 1 is 1.12 bits per heavy atom. The molecule has 5 rings (SSSR count). The molecule has 1 saturated heterocycles. The Hall–Kier alpha value is -4.31. The fourth-order valence-corrected chi connectivity index (χ4v) is 5.78. The number of benzene rings is 2. The van der Waals surface area contributed by atoms with E-state index in [1.807, 2.05) is 55.5 Å². The zero-order chi connectivity index (χ0) is 27.9. The lowest BCUT2D eigenvalue weighted by Crippen LogP contribution is -2.38. The lowest BCUT2D eigenvalue weighted by atomic mass is 9.93. The maximum absolute atomic E-state index is 13.4. The van der Waals surface area contributed by atoms with Crippen molar-refractivity contribution in [3.8, 4) is 22.1 Å². The van der Waals surface area contributed by atoms with Crippen molar-refractivity contribution in [1.82, 2.24) is 20.5 Å². The number of rotatable bonds is 9. The number of carbonyl (C=O) groups is 2. The number of piperidine rings is 1. The number of ether oxygens (including phenoxy) is 1. The maximum atomic E-state index is 13.4. The van der Waals surface area contributed by atoms with Gasteiger partial charge in [-0.1, -0.05) is 18.2 Å². The second kappa shape index (κ2) is 12.7. The van der Waals surface area contributed by atoms with Crippen LogP contribution < -0.4 is 20.3 Å². The first-order valence-corrected chi connectivity index (χ1v) is 14.3. The molecule has 2 aromatic heterocycles. The van der Waals surface area contributed by atoms with Crippen LogP contribution in [0, 0.1) is 12.8 Å². The number of hydrogen-bond acceptors (Lipinski definition) is 8. The first-order chi connectivity index (χ1) is 19.5. The predicted molar refractivity (Wildman–Crippen MR) is 157 cm³/mol. The summed E-state index contributed by atoms with van der Waals surface area (Å²) in [6.45, 7) is 5.93. The van der Waals surface area contributed by atoms with E-state index in [9.17, 15) is 9.59 Å². The fourth-order valence-electron chi connectivity index (χ4n) is 4.99. The highest BCUT2D eigenvalue weighted by atomic mass is 32.1. The van der Waals surface area contributed by atoms with Gasteiger partial charge in [0.05, 0.1) is 23.8 Å². The molecule has 40 heavy (non-hydrogen) atoms. The largest absolute Gasteiger partial charge is 0.457 e. The number of nitrogens with one attached hydrogen (secondary N) is 2. The molecule has 10 heteroatoms. The van der Waals surface area contributed by atoms with E-state index in [1.165, 1.54) is 11.3 Å². The summed E-state index contributed by atoms with van der Waals surface area (Å²) in [6, 6.07) is 15.3. The van der Waals surface area contributed by atoms with Crippen molar-refractivity contribution in [2.45, 2.75) is 33.1 Å². The van der Waals surface area contributed by atoms with Gasteiger partial charge in [-0.2, -0.15) is 10.2 Å². The Labute approximate surface area is 237 Å². The van der Waals surface area contributed by atoms with Gasteiger partial charge in [0.25, 0.3) is 5.91 Å². The van der Waals surface area contributed by atoms with Gasteiger partial charge in [0.15, 0.2) is 0 Å². The lowest BCUT2D eigenvalue weighted by Gasteiger charge is -2.37. The van der Waals surface area contributed by atoms with Gasteiger partial charge >= 0.3 is 0 Å². The van der Waals surface area contributed by atoms with Gasteiger partial charge in [0, 0.05) is 43.1 Å². The Morgan fingerprint density at radius 2 is 1.98 bits per heavy atom. The number of anilines is 2. The Kier molecular flexibility index (Phi) is 8.65. The van der Waals surface area contributed by atoms with E-state index < -0.39 is 0 Å². The molecule has 3 heterocycles. The Balaban J connectivity index is 1.41. The number of thiazole rings is 1. The van der Waals surface area contributed by atoms with Crippen LogP contribution in [0.1, 0.15) is 42.2 Å². The normalized spacial score (nSPS) is 14.9. The van der Waals surface area contributed by atoms with Gasteiger partial charge in [0.1, 0.15) is 22.2 Å². The number of para-hydroxylation sites is 1. The zero-order valence-electron chi connectivity index (χ0n) is 22.6. The van der Waals surface area contributed by atoms with Gasteiger partial charge in [-0.3, -0.25) is 9.59 Å². The van der Waals surface area contributed by atoms with Crippen molar-refractivity contribution in [2.75, 3.05) is 29.9 Å². The summed E-state index contributed by atoms with van der Waals surface area (Å²) in [4.78, 5) is 31.6. The molecule has 1 aliphatic rings. The van der Waals surface area contributed by atoms with Crippen molar-refractivity contribution >= 4 is 34.5 Å². The monoisotopic (exact) mass is 556 g/mol. The van der Waals surface area contributed by atoms with Crippen molar-refractivity contribution in [1.29, 1.82) is 0 Å².